The highest BCUT2D eigenvalue weighted by Gasteiger charge is 2.58. The van der Waals surface area contributed by atoms with E-state index in [1.165, 1.54) is 32.1 Å². The molecule has 0 spiro atoms. The maximum Gasteiger partial charge on any atom is 0.196 e. The van der Waals surface area contributed by atoms with Crippen molar-refractivity contribution >= 4 is 11.6 Å². The van der Waals surface area contributed by atoms with Gasteiger partial charge in [0.1, 0.15) is 0 Å². The predicted molar refractivity (Wildman–Crippen MR) is 127 cm³/mol. The smallest absolute Gasteiger partial charge is 0.196 e. The molecule has 4 heteroatoms. The lowest BCUT2D eigenvalue weighted by Gasteiger charge is -2.45. The number of benzene rings is 2. The molecule has 1 saturated carbocycles. The van der Waals surface area contributed by atoms with Crippen molar-refractivity contribution in [3.63, 3.8) is 0 Å². The fraction of sp³-hybridized carbons (Fsp3) is 0.500. The molecular formula is C28H34N2O2. The topological polar surface area (TPSA) is 40.6 Å². The zero-order valence-electron chi connectivity index (χ0n) is 19.4. The molecule has 0 N–H and O–H groups in total. The third-order valence-electron chi connectivity index (χ3n) is 7.80. The highest BCUT2D eigenvalue weighted by molar-refractivity contribution is 6.32. The van der Waals surface area contributed by atoms with Crippen LogP contribution in [-0.2, 0) is 5.54 Å². The summed E-state index contributed by atoms with van der Waals surface area (Å²) >= 11 is 0. The monoisotopic (exact) mass is 430 g/mol. The standard InChI is InChI=1S/C28H34N2O2/c1-20-16-21(2)18-23(17-20)28(26(31)24-10-6-7-11-25(24)27(28)32)30-14-12-29(13-15-30)19-22-8-4-3-5-9-22/h6-7,10-11,16-18,22H,3-5,8-9,12-15,19H2,1-2H3. The van der Waals surface area contributed by atoms with Crippen molar-refractivity contribution in [1.82, 2.24) is 9.80 Å². The van der Waals surface area contributed by atoms with Crippen molar-refractivity contribution in [2.45, 2.75) is 51.5 Å². The number of piperazine rings is 1. The van der Waals surface area contributed by atoms with Gasteiger partial charge >= 0.3 is 0 Å². The molecule has 0 atom stereocenters. The average Bonchev–Trinajstić information content (AvgIpc) is 3.02. The van der Waals surface area contributed by atoms with Gasteiger partial charge in [-0.15, -0.1) is 0 Å². The molecule has 32 heavy (non-hydrogen) atoms. The lowest BCUT2D eigenvalue weighted by Crippen LogP contribution is -2.60. The Balaban J connectivity index is 1.47. The van der Waals surface area contributed by atoms with Crippen LogP contribution in [-0.4, -0.2) is 54.1 Å². The number of Topliss-reactive ketones (excluding diaryl/α,β-unsaturated/α-hetero) is 2. The molecule has 168 valence electrons. The number of fused-ring (bicyclic) bond motifs is 1. The van der Waals surface area contributed by atoms with Gasteiger partial charge in [-0.25, -0.2) is 0 Å². The van der Waals surface area contributed by atoms with Crippen LogP contribution in [0.2, 0.25) is 0 Å². The Labute approximate surface area is 191 Å². The van der Waals surface area contributed by atoms with E-state index in [9.17, 15) is 9.59 Å². The van der Waals surface area contributed by atoms with Gasteiger partial charge in [0.15, 0.2) is 17.1 Å². The van der Waals surface area contributed by atoms with E-state index in [1.54, 1.807) is 0 Å². The number of aryl methyl sites for hydroxylation is 2. The summed E-state index contributed by atoms with van der Waals surface area (Å²) in [6.45, 7) is 8.56. The average molecular weight is 431 g/mol. The van der Waals surface area contributed by atoms with Crippen molar-refractivity contribution in [3.8, 4) is 0 Å². The minimum Gasteiger partial charge on any atom is -0.301 e. The summed E-state index contributed by atoms with van der Waals surface area (Å²) in [5.74, 6) is 0.704. The lowest BCUT2D eigenvalue weighted by atomic mass is 9.81. The Kier molecular flexibility index (Phi) is 5.77. The van der Waals surface area contributed by atoms with E-state index in [2.05, 4.69) is 15.9 Å². The molecule has 0 aromatic heterocycles. The van der Waals surface area contributed by atoms with Crippen LogP contribution in [0.15, 0.2) is 42.5 Å². The van der Waals surface area contributed by atoms with E-state index in [0.717, 1.165) is 55.3 Å². The second kappa shape index (κ2) is 8.57. The first kappa shape index (κ1) is 21.5. The largest absolute Gasteiger partial charge is 0.301 e. The van der Waals surface area contributed by atoms with Gasteiger partial charge in [-0.1, -0.05) is 72.9 Å². The first-order valence-electron chi connectivity index (χ1n) is 12.2. The molecule has 1 heterocycles. The van der Waals surface area contributed by atoms with Crippen LogP contribution in [0, 0.1) is 19.8 Å². The number of carbonyl (C=O) groups excluding carboxylic acids is 2. The number of rotatable bonds is 4. The van der Waals surface area contributed by atoms with Crippen LogP contribution in [0.1, 0.15) is 69.5 Å². The minimum absolute atomic E-state index is 0.0520. The number of ketones is 2. The van der Waals surface area contributed by atoms with E-state index in [1.807, 2.05) is 50.2 Å². The molecule has 4 nitrogen and oxygen atoms in total. The molecule has 1 aliphatic heterocycles. The fourth-order valence-corrected chi connectivity index (χ4v) is 6.29. The molecule has 0 unspecified atom stereocenters. The quantitative estimate of drug-likeness (QED) is 0.655. The third kappa shape index (κ3) is 3.54. The first-order chi connectivity index (χ1) is 15.5. The van der Waals surface area contributed by atoms with Gasteiger partial charge < -0.3 is 4.90 Å². The Hall–Kier alpha value is -2.30. The number of carbonyl (C=O) groups is 2. The van der Waals surface area contributed by atoms with Crippen LogP contribution in [0.5, 0.6) is 0 Å². The highest BCUT2D eigenvalue weighted by Crippen LogP contribution is 2.43. The zero-order valence-corrected chi connectivity index (χ0v) is 19.4. The summed E-state index contributed by atoms with van der Waals surface area (Å²) in [6, 6.07) is 13.6. The van der Waals surface area contributed by atoms with Crippen LogP contribution >= 0.6 is 0 Å². The van der Waals surface area contributed by atoms with Gasteiger partial charge in [0.2, 0.25) is 0 Å². The molecule has 3 aliphatic rings. The lowest BCUT2D eigenvalue weighted by molar-refractivity contribution is 0.0256. The van der Waals surface area contributed by atoms with Crippen LogP contribution in [0.4, 0.5) is 0 Å². The molecule has 2 aromatic rings. The number of nitrogens with zero attached hydrogens (tertiary/aromatic N) is 2. The van der Waals surface area contributed by atoms with E-state index in [4.69, 9.17) is 0 Å². The minimum atomic E-state index is -1.22. The molecule has 1 saturated heterocycles. The highest BCUT2D eigenvalue weighted by atomic mass is 16.2. The normalized spacial score (nSPS) is 22.3. The Bertz CT molecular complexity index is 974. The summed E-state index contributed by atoms with van der Waals surface area (Å²) < 4.78 is 0. The summed E-state index contributed by atoms with van der Waals surface area (Å²) in [4.78, 5) is 32.7. The van der Waals surface area contributed by atoms with Gasteiger partial charge in [0.05, 0.1) is 0 Å². The van der Waals surface area contributed by atoms with Gasteiger partial charge in [0, 0.05) is 43.9 Å². The molecule has 0 bridgehead atoms. The maximum atomic E-state index is 14.0. The molecular weight excluding hydrogens is 396 g/mol. The second-order valence-electron chi connectivity index (χ2n) is 10.1. The molecule has 2 fully saturated rings. The zero-order chi connectivity index (χ0) is 22.3. The van der Waals surface area contributed by atoms with Crippen LogP contribution in [0.3, 0.4) is 0 Å². The Morgan fingerprint density at radius 2 is 1.38 bits per heavy atom. The van der Waals surface area contributed by atoms with Crippen molar-refractivity contribution in [3.05, 3.63) is 70.3 Å². The predicted octanol–water partition coefficient (Wildman–Crippen LogP) is 4.78. The summed E-state index contributed by atoms with van der Waals surface area (Å²) in [5.41, 5.74) is 2.93. The van der Waals surface area contributed by atoms with E-state index >= 15 is 0 Å². The molecule has 0 amide bonds. The summed E-state index contributed by atoms with van der Waals surface area (Å²) in [5, 5.41) is 0. The maximum absolute atomic E-state index is 14.0. The third-order valence-corrected chi connectivity index (χ3v) is 7.80. The van der Waals surface area contributed by atoms with Gasteiger partial charge in [-0.05, 0) is 38.2 Å². The van der Waals surface area contributed by atoms with Gasteiger partial charge in [0.25, 0.3) is 0 Å². The van der Waals surface area contributed by atoms with E-state index < -0.39 is 5.54 Å². The van der Waals surface area contributed by atoms with Crippen molar-refractivity contribution in [2.75, 3.05) is 32.7 Å². The van der Waals surface area contributed by atoms with Gasteiger partial charge in [-0.3, -0.25) is 14.5 Å². The Morgan fingerprint density at radius 3 is 1.94 bits per heavy atom. The summed E-state index contributed by atoms with van der Waals surface area (Å²) in [6.07, 6.45) is 6.80. The SMILES string of the molecule is Cc1cc(C)cc(C2(N3CCN(CC4CCCCC4)CC3)C(=O)c3ccccc3C2=O)c1. The van der Waals surface area contributed by atoms with Gasteiger partial charge in [-0.2, -0.15) is 0 Å². The molecule has 5 rings (SSSR count). The van der Waals surface area contributed by atoms with Crippen LogP contribution < -0.4 is 0 Å². The molecule has 2 aliphatic carbocycles. The van der Waals surface area contributed by atoms with Crippen LogP contribution in [0.25, 0.3) is 0 Å². The molecule has 2 aromatic carbocycles. The van der Waals surface area contributed by atoms with Crippen molar-refractivity contribution in [1.29, 1.82) is 0 Å². The second-order valence-corrected chi connectivity index (χ2v) is 10.1. The fourth-order valence-electron chi connectivity index (χ4n) is 6.29. The summed E-state index contributed by atoms with van der Waals surface area (Å²) in [7, 11) is 0. The molecule has 0 radical (unpaired) electrons. The van der Waals surface area contributed by atoms with Crippen molar-refractivity contribution in [2.24, 2.45) is 5.92 Å². The van der Waals surface area contributed by atoms with E-state index in [-0.39, 0.29) is 11.6 Å². The Morgan fingerprint density at radius 1 is 0.812 bits per heavy atom. The van der Waals surface area contributed by atoms with E-state index in [0.29, 0.717) is 11.1 Å². The number of hydrogen-bond donors (Lipinski definition) is 0. The first-order valence-corrected chi connectivity index (χ1v) is 12.2. The van der Waals surface area contributed by atoms with Crippen molar-refractivity contribution < 1.29 is 9.59 Å². The number of hydrogen-bond acceptors (Lipinski definition) is 4.